The van der Waals surface area contributed by atoms with Gasteiger partial charge >= 0.3 is 12.3 Å². The minimum atomic E-state index is -5.00. The van der Waals surface area contributed by atoms with E-state index >= 15 is 0 Å². The number of alkyl carbamates (subject to hydrolysis) is 1. The van der Waals surface area contributed by atoms with Gasteiger partial charge in [0.15, 0.2) is 0 Å². The molecule has 2 fully saturated rings. The molecule has 2 aromatic rings. The van der Waals surface area contributed by atoms with Crippen LogP contribution in [0.5, 0.6) is 0 Å². The Morgan fingerprint density at radius 2 is 1.76 bits per heavy atom. The van der Waals surface area contributed by atoms with Gasteiger partial charge in [0, 0.05) is 51.1 Å². The van der Waals surface area contributed by atoms with Crippen molar-refractivity contribution in [1.82, 2.24) is 10.2 Å². The number of nitrogens with one attached hydrogen (secondary N) is 1. The average Bonchev–Trinajstić information content (AvgIpc) is 3.33. The maximum atomic E-state index is 14.7. The van der Waals surface area contributed by atoms with Gasteiger partial charge in [0.25, 0.3) is 11.5 Å². The van der Waals surface area contributed by atoms with Gasteiger partial charge in [-0.2, -0.15) is 13.2 Å². The molecule has 0 radical (unpaired) electrons. The van der Waals surface area contributed by atoms with Gasteiger partial charge in [0.05, 0.1) is 0 Å². The number of likely N-dealkylation sites (tertiary alicyclic amines) is 1. The van der Waals surface area contributed by atoms with E-state index in [1.165, 1.54) is 24.3 Å². The fourth-order valence-electron chi connectivity index (χ4n) is 6.06. The standard InChI is InChI=1S/C27H28F4N2O4/c1-36-26(27(29,30)31,20-8-5-17-3-2-4-19(17)15-20)23(34)33-13-11-25(12-14-33)22(16-32-24(35)37-25)18-6-9-21(28)10-7-18/h5-10,15,22H,2-4,11-14,16H2,1H3,(H,32,35)/t22-,26+/m1/s1. The number of rotatable bonds is 4. The van der Waals surface area contributed by atoms with Crippen molar-refractivity contribution < 1.29 is 36.6 Å². The third kappa shape index (κ3) is 4.24. The van der Waals surface area contributed by atoms with E-state index in [1.807, 2.05) is 0 Å². The molecule has 1 N–H and O–H groups in total. The molecular weight excluding hydrogens is 492 g/mol. The van der Waals surface area contributed by atoms with E-state index in [9.17, 15) is 27.2 Å². The van der Waals surface area contributed by atoms with Gasteiger partial charge in [0.1, 0.15) is 11.4 Å². The second-order valence-electron chi connectivity index (χ2n) is 9.95. The number of aryl methyl sites for hydroxylation is 2. The van der Waals surface area contributed by atoms with E-state index in [4.69, 9.17) is 9.47 Å². The fourth-order valence-corrected chi connectivity index (χ4v) is 6.06. The number of hydrogen-bond donors (Lipinski definition) is 1. The minimum absolute atomic E-state index is 0.0596. The molecule has 0 bridgehead atoms. The number of piperidine rings is 1. The summed E-state index contributed by atoms with van der Waals surface area (Å²) in [6, 6.07) is 10.3. The van der Waals surface area contributed by atoms with Crippen LogP contribution in [-0.2, 0) is 32.7 Å². The van der Waals surface area contributed by atoms with Gasteiger partial charge in [0.2, 0.25) is 0 Å². The van der Waals surface area contributed by atoms with Gasteiger partial charge in [-0.1, -0.05) is 30.3 Å². The summed E-state index contributed by atoms with van der Waals surface area (Å²) in [5.41, 5.74) is -1.87. The molecule has 2 atom stereocenters. The van der Waals surface area contributed by atoms with Crippen LogP contribution in [0.4, 0.5) is 22.4 Å². The lowest BCUT2D eigenvalue weighted by molar-refractivity contribution is -0.271. The largest absolute Gasteiger partial charge is 0.442 e. The van der Waals surface area contributed by atoms with Crippen molar-refractivity contribution in [2.24, 2.45) is 0 Å². The van der Waals surface area contributed by atoms with Gasteiger partial charge < -0.3 is 19.7 Å². The van der Waals surface area contributed by atoms with Crippen molar-refractivity contribution in [3.8, 4) is 0 Å². The van der Waals surface area contributed by atoms with Crippen LogP contribution in [0.1, 0.15) is 47.4 Å². The molecule has 2 saturated heterocycles. The van der Waals surface area contributed by atoms with Crippen molar-refractivity contribution in [2.75, 3.05) is 26.7 Å². The Hall–Kier alpha value is -3.14. The number of carbonyl (C=O) groups excluding carboxylic acids is 2. The zero-order valence-corrected chi connectivity index (χ0v) is 20.4. The number of hydrogen-bond acceptors (Lipinski definition) is 4. The molecule has 1 spiro atoms. The highest BCUT2D eigenvalue weighted by atomic mass is 19.4. The SMILES string of the molecule is CO[C@](C(=O)N1CCC2(CC1)OC(=O)NC[C@@H]2c1ccc(F)cc1)(c1ccc2c(c1)CCC2)C(F)(F)F. The number of methoxy groups -OCH3 is 1. The van der Waals surface area contributed by atoms with Crippen LogP contribution < -0.4 is 5.32 Å². The van der Waals surface area contributed by atoms with Crippen LogP contribution in [0.3, 0.4) is 0 Å². The molecule has 1 aliphatic carbocycles. The van der Waals surface area contributed by atoms with Crippen LogP contribution in [0.15, 0.2) is 42.5 Å². The van der Waals surface area contributed by atoms with Gasteiger partial charge in [-0.15, -0.1) is 0 Å². The van der Waals surface area contributed by atoms with Crippen LogP contribution >= 0.6 is 0 Å². The summed E-state index contributed by atoms with van der Waals surface area (Å²) in [7, 11) is 0.906. The highest BCUT2D eigenvalue weighted by molar-refractivity contribution is 5.88. The van der Waals surface area contributed by atoms with Crippen LogP contribution in [0.25, 0.3) is 0 Å². The lowest BCUT2D eigenvalue weighted by atomic mass is 9.74. The zero-order valence-electron chi connectivity index (χ0n) is 20.4. The predicted molar refractivity (Wildman–Crippen MR) is 125 cm³/mol. The lowest BCUT2D eigenvalue weighted by Crippen LogP contribution is -2.62. The van der Waals surface area contributed by atoms with E-state index in [0.29, 0.717) is 6.42 Å². The van der Waals surface area contributed by atoms with E-state index in [-0.39, 0.29) is 44.0 Å². The van der Waals surface area contributed by atoms with Gasteiger partial charge in [-0.05, 0) is 48.1 Å². The Morgan fingerprint density at radius 3 is 2.41 bits per heavy atom. The Labute approximate surface area is 211 Å². The quantitative estimate of drug-likeness (QED) is 0.599. The summed E-state index contributed by atoms with van der Waals surface area (Å²) in [6.45, 7) is 0.115. The fraction of sp³-hybridized carbons (Fsp3) is 0.481. The predicted octanol–water partition coefficient (Wildman–Crippen LogP) is 4.60. The molecule has 10 heteroatoms. The number of alkyl halides is 3. The van der Waals surface area contributed by atoms with E-state index < -0.39 is 35.2 Å². The molecule has 2 aromatic carbocycles. The second-order valence-corrected chi connectivity index (χ2v) is 9.95. The highest BCUT2D eigenvalue weighted by Crippen LogP contribution is 2.47. The van der Waals surface area contributed by atoms with Gasteiger partial charge in [-0.3, -0.25) is 4.79 Å². The zero-order chi connectivity index (χ0) is 26.4. The Balaban J connectivity index is 1.43. The second kappa shape index (κ2) is 9.31. The topological polar surface area (TPSA) is 67.9 Å². The van der Waals surface area contributed by atoms with Crippen LogP contribution in [0, 0.1) is 5.82 Å². The van der Waals surface area contributed by atoms with E-state index in [2.05, 4.69) is 5.32 Å². The molecule has 6 nitrogen and oxygen atoms in total. The number of ether oxygens (including phenoxy) is 2. The van der Waals surface area contributed by atoms with Crippen LogP contribution in [0.2, 0.25) is 0 Å². The number of halogens is 4. The molecule has 37 heavy (non-hydrogen) atoms. The normalized spacial score (nSPS) is 22.7. The summed E-state index contributed by atoms with van der Waals surface area (Å²) < 4.78 is 68.2. The average molecular weight is 521 g/mol. The first kappa shape index (κ1) is 25.5. The summed E-state index contributed by atoms with van der Waals surface area (Å²) in [4.78, 5) is 26.9. The van der Waals surface area contributed by atoms with Crippen molar-refractivity contribution in [2.45, 2.75) is 55.4 Å². The third-order valence-corrected chi connectivity index (χ3v) is 8.06. The smallest absolute Gasteiger partial charge is 0.430 e. The first-order valence-corrected chi connectivity index (χ1v) is 12.4. The molecule has 2 aliphatic heterocycles. The van der Waals surface area contributed by atoms with Crippen molar-refractivity contribution >= 4 is 12.0 Å². The molecular formula is C27H28F4N2O4. The number of carbonyl (C=O) groups is 2. The molecule has 198 valence electrons. The summed E-state index contributed by atoms with van der Waals surface area (Å²) >= 11 is 0. The van der Waals surface area contributed by atoms with Crippen molar-refractivity contribution in [3.63, 3.8) is 0 Å². The summed E-state index contributed by atoms with van der Waals surface area (Å²) in [5, 5.41) is 2.64. The molecule has 0 aromatic heterocycles. The monoisotopic (exact) mass is 520 g/mol. The van der Waals surface area contributed by atoms with E-state index in [0.717, 1.165) is 41.5 Å². The highest BCUT2D eigenvalue weighted by Gasteiger charge is 2.64. The Bertz CT molecular complexity index is 1190. The third-order valence-electron chi connectivity index (χ3n) is 8.06. The van der Waals surface area contributed by atoms with Crippen LogP contribution in [-0.4, -0.2) is 55.4 Å². The first-order chi connectivity index (χ1) is 17.6. The van der Waals surface area contributed by atoms with Crippen molar-refractivity contribution in [3.05, 3.63) is 70.5 Å². The number of nitrogens with zero attached hydrogens (tertiary/aromatic N) is 1. The van der Waals surface area contributed by atoms with Crippen molar-refractivity contribution in [1.29, 1.82) is 0 Å². The maximum Gasteiger partial charge on any atom is 0.430 e. The summed E-state index contributed by atoms with van der Waals surface area (Å²) in [6.07, 6.45) is -3.05. The molecule has 0 unspecified atom stereocenters. The molecule has 2 amide bonds. The molecule has 2 heterocycles. The molecule has 5 rings (SSSR count). The number of amides is 2. The summed E-state index contributed by atoms with van der Waals surface area (Å²) in [5.74, 6) is -1.95. The Morgan fingerprint density at radius 1 is 1.08 bits per heavy atom. The minimum Gasteiger partial charge on any atom is -0.442 e. The van der Waals surface area contributed by atoms with Gasteiger partial charge in [-0.25, -0.2) is 9.18 Å². The first-order valence-electron chi connectivity index (χ1n) is 12.4. The number of benzene rings is 2. The molecule has 0 saturated carbocycles. The number of fused-ring (bicyclic) bond motifs is 1. The maximum absolute atomic E-state index is 14.7. The molecule has 3 aliphatic rings. The van der Waals surface area contributed by atoms with E-state index in [1.54, 1.807) is 18.2 Å². The lowest BCUT2D eigenvalue weighted by Gasteiger charge is -2.49. The Kier molecular flexibility index (Phi) is 6.42.